The molecule has 0 aliphatic heterocycles. The first kappa shape index (κ1) is 24.3. The van der Waals surface area contributed by atoms with E-state index in [4.69, 9.17) is 0 Å². The van der Waals surface area contributed by atoms with Gasteiger partial charge in [0.05, 0.1) is 15.6 Å². The van der Waals surface area contributed by atoms with Crippen LogP contribution in [-0.4, -0.2) is 26.0 Å². The highest BCUT2D eigenvalue weighted by Gasteiger charge is 2.73. The molecular formula is C24H17F7O2S. The van der Waals surface area contributed by atoms with E-state index in [1.54, 1.807) is 0 Å². The zero-order chi connectivity index (χ0) is 24.9. The number of sulfone groups is 1. The molecule has 1 aliphatic rings. The van der Waals surface area contributed by atoms with Gasteiger partial charge in [0.25, 0.3) is 0 Å². The highest BCUT2D eigenvalue weighted by atomic mass is 32.2. The monoisotopic (exact) mass is 502 g/mol. The van der Waals surface area contributed by atoms with E-state index in [1.165, 1.54) is 36.4 Å². The molecule has 2 nitrogen and oxygen atoms in total. The van der Waals surface area contributed by atoms with E-state index in [0.717, 1.165) is 42.5 Å². The molecule has 34 heavy (non-hydrogen) atoms. The minimum Gasteiger partial charge on any atom is -0.223 e. The lowest BCUT2D eigenvalue weighted by Crippen LogP contribution is -2.58. The Morgan fingerprint density at radius 2 is 1.29 bits per heavy atom. The van der Waals surface area contributed by atoms with Crippen LogP contribution in [0.3, 0.4) is 0 Å². The fourth-order valence-corrected chi connectivity index (χ4v) is 7.18. The van der Waals surface area contributed by atoms with Crippen molar-refractivity contribution in [2.24, 2.45) is 5.92 Å². The van der Waals surface area contributed by atoms with E-state index >= 15 is 0 Å². The molecule has 0 aromatic heterocycles. The van der Waals surface area contributed by atoms with Crippen LogP contribution in [0.2, 0.25) is 0 Å². The fourth-order valence-electron chi connectivity index (χ4n) is 5.04. The smallest absolute Gasteiger partial charge is 0.223 e. The third-order valence-electron chi connectivity index (χ3n) is 6.25. The maximum atomic E-state index is 14.3. The maximum absolute atomic E-state index is 14.3. The molecular weight excluding hydrogens is 485 g/mol. The van der Waals surface area contributed by atoms with Gasteiger partial charge in [-0.1, -0.05) is 54.6 Å². The molecule has 2 unspecified atom stereocenters. The summed E-state index contributed by atoms with van der Waals surface area (Å²) in [7, 11) is -4.81. The molecule has 0 fully saturated rings. The Morgan fingerprint density at radius 1 is 0.765 bits per heavy atom. The number of alkyl halides is 6. The molecule has 0 amide bonds. The van der Waals surface area contributed by atoms with Crippen LogP contribution >= 0.6 is 0 Å². The highest BCUT2D eigenvalue weighted by molar-refractivity contribution is 7.92. The predicted octanol–water partition coefficient (Wildman–Crippen LogP) is 6.25. The van der Waals surface area contributed by atoms with Gasteiger partial charge in [-0.15, -0.1) is 0 Å². The first-order valence-corrected chi connectivity index (χ1v) is 11.6. The van der Waals surface area contributed by atoms with Gasteiger partial charge in [0.1, 0.15) is 5.82 Å². The van der Waals surface area contributed by atoms with Crippen molar-refractivity contribution in [1.82, 2.24) is 0 Å². The van der Waals surface area contributed by atoms with Gasteiger partial charge in [0.2, 0.25) is 0 Å². The van der Waals surface area contributed by atoms with E-state index in [2.05, 4.69) is 0 Å². The largest absolute Gasteiger partial charge is 0.401 e. The lowest BCUT2D eigenvalue weighted by molar-refractivity contribution is -0.299. The minimum absolute atomic E-state index is 0.0699. The Kier molecular flexibility index (Phi) is 5.78. The second-order valence-electron chi connectivity index (χ2n) is 8.10. The second-order valence-corrected chi connectivity index (χ2v) is 10.2. The zero-order valence-corrected chi connectivity index (χ0v) is 18.1. The van der Waals surface area contributed by atoms with Gasteiger partial charge in [0.15, 0.2) is 15.8 Å². The average Bonchev–Trinajstić information content (AvgIpc) is 3.09. The molecule has 10 heteroatoms. The molecule has 0 spiro atoms. The Morgan fingerprint density at radius 3 is 1.85 bits per heavy atom. The summed E-state index contributed by atoms with van der Waals surface area (Å²) in [5.74, 6) is -4.81. The van der Waals surface area contributed by atoms with Crippen LogP contribution < -0.4 is 0 Å². The van der Waals surface area contributed by atoms with Crippen molar-refractivity contribution >= 4 is 9.84 Å². The molecule has 3 aromatic carbocycles. The standard InChI is InChI=1S/C24H17F7O2S/c25-17-10-12-18(13-11-17)34(32,33)20-14-15-6-4-5-9-19(15)22(20,16-7-2-1-3-8-16)21(23(26,27)28)24(29,30)31/h1-13,20-21H,14H2. The summed E-state index contributed by atoms with van der Waals surface area (Å²) in [6.45, 7) is 0. The van der Waals surface area contributed by atoms with Gasteiger partial charge in [0, 0.05) is 0 Å². The molecule has 0 radical (unpaired) electrons. The average molecular weight is 502 g/mol. The summed E-state index contributed by atoms with van der Waals surface area (Å²) in [5.41, 5.74) is -3.73. The van der Waals surface area contributed by atoms with Crippen molar-refractivity contribution < 1.29 is 39.2 Å². The summed E-state index contributed by atoms with van der Waals surface area (Å²) in [5, 5.41) is -2.15. The summed E-state index contributed by atoms with van der Waals surface area (Å²) in [4.78, 5) is -0.560. The van der Waals surface area contributed by atoms with Crippen molar-refractivity contribution in [2.45, 2.75) is 34.3 Å². The van der Waals surface area contributed by atoms with Crippen LogP contribution in [0.4, 0.5) is 30.7 Å². The Bertz CT molecular complexity index is 1270. The summed E-state index contributed by atoms with van der Waals surface area (Å²) in [6, 6.07) is 14.6. The number of hydrogen-bond acceptors (Lipinski definition) is 2. The third kappa shape index (κ3) is 3.77. The van der Waals surface area contributed by atoms with Gasteiger partial charge < -0.3 is 0 Å². The Balaban J connectivity index is 2.14. The third-order valence-corrected chi connectivity index (χ3v) is 8.47. The maximum Gasteiger partial charge on any atom is 0.401 e. The normalized spacial score (nSPS) is 21.0. The Labute approximate surface area is 191 Å². The highest BCUT2D eigenvalue weighted by Crippen LogP contribution is 2.61. The Hall–Kier alpha value is -2.88. The lowest BCUT2D eigenvalue weighted by atomic mass is 9.65. The van der Waals surface area contributed by atoms with Gasteiger partial charge in [-0.25, -0.2) is 12.8 Å². The lowest BCUT2D eigenvalue weighted by Gasteiger charge is -2.44. The van der Waals surface area contributed by atoms with Gasteiger partial charge >= 0.3 is 12.4 Å². The summed E-state index contributed by atoms with van der Waals surface area (Å²) < 4.78 is 127. The second kappa shape index (κ2) is 8.11. The molecule has 4 rings (SSSR count). The van der Waals surface area contributed by atoms with Crippen LogP contribution in [0.1, 0.15) is 16.7 Å². The van der Waals surface area contributed by atoms with Crippen molar-refractivity contribution in [3.63, 3.8) is 0 Å². The first-order chi connectivity index (χ1) is 15.8. The minimum atomic E-state index is -5.83. The number of fused-ring (bicyclic) bond motifs is 1. The topological polar surface area (TPSA) is 34.1 Å². The summed E-state index contributed by atoms with van der Waals surface area (Å²) in [6.07, 6.45) is -12.2. The van der Waals surface area contributed by atoms with E-state index in [0.29, 0.717) is 0 Å². The predicted molar refractivity (Wildman–Crippen MR) is 110 cm³/mol. The number of rotatable bonds is 4. The fraction of sp³-hybridized carbons (Fsp3) is 0.250. The molecule has 180 valence electrons. The molecule has 1 aliphatic carbocycles. The molecule has 0 saturated heterocycles. The quantitative estimate of drug-likeness (QED) is 0.312. The van der Waals surface area contributed by atoms with Crippen LogP contribution in [0.15, 0.2) is 83.8 Å². The van der Waals surface area contributed by atoms with E-state index in [-0.39, 0.29) is 11.1 Å². The number of hydrogen-bond donors (Lipinski definition) is 0. The van der Waals surface area contributed by atoms with Crippen molar-refractivity contribution in [2.75, 3.05) is 0 Å². The van der Waals surface area contributed by atoms with Gasteiger partial charge in [-0.2, -0.15) is 26.3 Å². The van der Waals surface area contributed by atoms with Crippen LogP contribution in [-0.2, 0) is 21.7 Å². The van der Waals surface area contributed by atoms with Crippen LogP contribution in [0.5, 0.6) is 0 Å². The molecule has 0 saturated carbocycles. The molecule has 0 bridgehead atoms. The van der Waals surface area contributed by atoms with Crippen molar-refractivity contribution in [3.05, 3.63) is 101 Å². The molecule has 0 N–H and O–H groups in total. The molecule has 0 heterocycles. The summed E-state index contributed by atoms with van der Waals surface area (Å²) >= 11 is 0. The van der Waals surface area contributed by atoms with Crippen LogP contribution in [0, 0.1) is 11.7 Å². The van der Waals surface area contributed by atoms with Gasteiger partial charge in [-0.05, 0) is 47.4 Å². The first-order valence-electron chi connectivity index (χ1n) is 10.1. The molecule has 3 aromatic rings. The van der Waals surface area contributed by atoms with Crippen molar-refractivity contribution in [3.8, 4) is 0 Å². The van der Waals surface area contributed by atoms with Gasteiger partial charge in [-0.3, -0.25) is 0 Å². The number of benzene rings is 3. The molecule has 2 atom stereocenters. The van der Waals surface area contributed by atoms with Crippen LogP contribution in [0.25, 0.3) is 0 Å². The zero-order valence-electron chi connectivity index (χ0n) is 17.2. The van der Waals surface area contributed by atoms with E-state index in [9.17, 15) is 39.2 Å². The number of halogens is 7. The van der Waals surface area contributed by atoms with Crippen molar-refractivity contribution in [1.29, 1.82) is 0 Å². The SMILES string of the molecule is O=S(=O)(c1ccc(F)cc1)C1Cc2ccccc2C1(c1ccccc1)C(C(F)(F)F)C(F)(F)F. The van der Waals surface area contributed by atoms with E-state index < -0.39 is 61.5 Å². The van der Waals surface area contributed by atoms with E-state index in [1.807, 2.05) is 0 Å².